The van der Waals surface area contributed by atoms with Crippen LogP contribution < -0.4 is 4.74 Å². The van der Waals surface area contributed by atoms with Gasteiger partial charge in [0, 0.05) is 19.6 Å². The number of aliphatic hydroxyl groups excluding tert-OH is 1. The van der Waals surface area contributed by atoms with Crippen molar-refractivity contribution in [2.45, 2.75) is 40.3 Å². The highest BCUT2D eigenvalue weighted by Crippen LogP contribution is 2.32. The number of aryl methyl sites for hydroxylation is 2. The average molecular weight is 464 g/mol. The number of aliphatic hydroxyl groups is 1. The van der Waals surface area contributed by atoms with Gasteiger partial charge in [0.15, 0.2) is 0 Å². The second-order valence-corrected chi connectivity index (χ2v) is 9.10. The zero-order chi connectivity index (χ0) is 24.5. The molecule has 6 heteroatoms. The Labute approximate surface area is 203 Å². The summed E-state index contributed by atoms with van der Waals surface area (Å²) in [4.78, 5) is 2.25. The molecule has 0 spiro atoms. The maximum absolute atomic E-state index is 10.6. The molecule has 34 heavy (non-hydrogen) atoms. The van der Waals surface area contributed by atoms with Gasteiger partial charge in [0.25, 0.3) is 0 Å². The van der Waals surface area contributed by atoms with E-state index in [0.717, 1.165) is 34.8 Å². The highest BCUT2D eigenvalue weighted by molar-refractivity contribution is 5.43. The lowest BCUT2D eigenvalue weighted by molar-refractivity contribution is 0.0222. The van der Waals surface area contributed by atoms with Gasteiger partial charge in [-0.15, -0.1) is 6.58 Å². The predicted octanol–water partition coefficient (Wildman–Crippen LogP) is 5.30. The van der Waals surface area contributed by atoms with Crippen molar-refractivity contribution in [3.63, 3.8) is 0 Å². The number of rotatable bonds is 13. The molecule has 182 valence electrons. The molecule has 1 N–H and O–H groups in total. The molecule has 0 amide bonds. The maximum Gasteiger partial charge on any atom is 0.227 e. The lowest BCUT2D eigenvalue weighted by Gasteiger charge is -2.27. The number of hydrogen-bond donors (Lipinski definition) is 1. The maximum atomic E-state index is 10.6. The third kappa shape index (κ3) is 7.29. The Morgan fingerprint density at radius 1 is 1.09 bits per heavy atom. The second-order valence-electron chi connectivity index (χ2n) is 9.10. The molecule has 0 aliphatic rings. The number of nitrogens with zero attached hydrogens (tertiary/aromatic N) is 3. The van der Waals surface area contributed by atoms with Crippen molar-refractivity contribution in [2.75, 3.05) is 26.3 Å². The predicted molar refractivity (Wildman–Crippen MR) is 137 cm³/mol. The van der Waals surface area contributed by atoms with Crippen LogP contribution in [0.3, 0.4) is 0 Å². The fraction of sp³-hybridized carbons (Fsp3) is 0.393. The molecule has 6 nitrogen and oxygen atoms in total. The van der Waals surface area contributed by atoms with Gasteiger partial charge in [-0.25, -0.2) is 4.68 Å². The number of hydrogen-bond acceptors (Lipinski definition) is 5. The molecule has 1 aromatic heterocycles. The Hall–Kier alpha value is -2.93. The van der Waals surface area contributed by atoms with Crippen LogP contribution in [0, 0.1) is 19.8 Å². The number of para-hydroxylation sites is 1. The Balaban J connectivity index is 1.94. The van der Waals surface area contributed by atoms with Crippen LogP contribution in [-0.4, -0.2) is 52.2 Å². The summed E-state index contributed by atoms with van der Waals surface area (Å²) in [5, 5.41) is 15.4. The zero-order valence-electron chi connectivity index (χ0n) is 20.8. The summed E-state index contributed by atoms with van der Waals surface area (Å²) in [5.41, 5.74) is 3.97. The topological polar surface area (TPSA) is 59.8 Å². The van der Waals surface area contributed by atoms with Crippen LogP contribution in [0.15, 0.2) is 67.3 Å². The minimum absolute atomic E-state index is 0.273. The van der Waals surface area contributed by atoms with E-state index >= 15 is 0 Å². The van der Waals surface area contributed by atoms with Gasteiger partial charge in [-0.1, -0.05) is 50.3 Å². The Morgan fingerprint density at radius 3 is 2.53 bits per heavy atom. The van der Waals surface area contributed by atoms with Crippen LogP contribution in [0.1, 0.15) is 30.7 Å². The average Bonchev–Trinajstić information content (AvgIpc) is 3.09. The van der Waals surface area contributed by atoms with Gasteiger partial charge in [0.2, 0.25) is 5.88 Å². The molecule has 0 bridgehead atoms. The Morgan fingerprint density at radius 2 is 1.85 bits per heavy atom. The third-order valence-corrected chi connectivity index (χ3v) is 5.36. The van der Waals surface area contributed by atoms with Crippen molar-refractivity contribution in [1.82, 2.24) is 14.7 Å². The quantitative estimate of drug-likeness (QED) is 0.275. The number of benzene rings is 2. The molecule has 0 aliphatic heterocycles. The minimum Gasteiger partial charge on any atom is -0.439 e. The summed E-state index contributed by atoms with van der Waals surface area (Å²) >= 11 is 0. The van der Waals surface area contributed by atoms with Crippen molar-refractivity contribution in [3.8, 4) is 17.3 Å². The van der Waals surface area contributed by atoms with Crippen molar-refractivity contribution in [3.05, 3.63) is 84.1 Å². The van der Waals surface area contributed by atoms with Gasteiger partial charge in [0.05, 0.1) is 36.3 Å². The summed E-state index contributed by atoms with van der Waals surface area (Å²) < 4.78 is 13.8. The molecule has 0 saturated heterocycles. The first-order valence-corrected chi connectivity index (χ1v) is 11.8. The van der Waals surface area contributed by atoms with Gasteiger partial charge in [-0.05, 0) is 49.6 Å². The molecular formula is C28H37N3O3. The summed E-state index contributed by atoms with van der Waals surface area (Å²) in [6.45, 7) is 14.7. The third-order valence-electron chi connectivity index (χ3n) is 5.36. The van der Waals surface area contributed by atoms with Crippen molar-refractivity contribution < 1.29 is 14.6 Å². The van der Waals surface area contributed by atoms with Crippen molar-refractivity contribution in [2.24, 2.45) is 5.92 Å². The molecule has 3 rings (SSSR count). The van der Waals surface area contributed by atoms with Gasteiger partial charge in [0.1, 0.15) is 5.75 Å². The van der Waals surface area contributed by atoms with E-state index in [-0.39, 0.29) is 6.61 Å². The van der Waals surface area contributed by atoms with Gasteiger partial charge >= 0.3 is 0 Å². The molecule has 1 atom stereocenters. The molecule has 3 aromatic rings. The molecule has 0 aliphatic carbocycles. The van der Waals surface area contributed by atoms with Crippen molar-refractivity contribution >= 4 is 0 Å². The van der Waals surface area contributed by atoms with Crippen LogP contribution in [0.2, 0.25) is 0 Å². The van der Waals surface area contributed by atoms with E-state index in [1.54, 1.807) is 6.08 Å². The first-order valence-electron chi connectivity index (χ1n) is 11.8. The molecular weight excluding hydrogens is 426 g/mol. The van der Waals surface area contributed by atoms with E-state index in [0.29, 0.717) is 31.5 Å². The standard InChI is InChI=1S/C28H37N3O3/c1-6-15-33-20-25(32)18-30(17-21(2)3)19-27-23(5)29-31(24-12-8-7-9-13-24)28(27)34-26-14-10-11-22(4)16-26/h6-14,16,21,25,32H,1,15,17-20H2,2-5H3/t25-/m1/s1. The van der Waals surface area contributed by atoms with Crippen LogP contribution in [0.4, 0.5) is 0 Å². The van der Waals surface area contributed by atoms with E-state index in [1.165, 1.54) is 0 Å². The Kier molecular flexibility index (Phi) is 9.45. The lowest BCUT2D eigenvalue weighted by atomic mass is 10.1. The van der Waals surface area contributed by atoms with E-state index in [9.17, 15) is 5.11 Å². The molecule has 0 radical (unpaired) electrons. The Bertz CT molecular complexity index is 1050. The molecule has 2 aromatic carbocycles. The van der Waals surface area contributed by atoms with Crippen molar-refractivity contribution in [1.29, 1.82) is 0 Å². The van der Waals surface area contributed by atoms with E-state index in [1.807, 2.05) is 73.1 Å². The first-order chi connectivity index (χ1) is 16.4. The van der Waals surface area contributed by atoms with E-state index in [4.69, 9.17) is 14.6 Å². The summed E-state index contributed by atoms with van der Waals surface area (Å²) in [6.07, 6.45) is 1.10. The lowest BCUT2D eigenvalue weighted by Crippen LogP contribution is -2.37. The smallest absolute Gasteiger partial charge is 0.227 e. The SMILES string of the molecule is C=CCOC[C@H](O)CN(Cc1c(C)nn(-c2ccccc2)c1Oc1cccc(C)c1)CC(C)C. The number of aromatic nitrogens is 2. The van der Waals surface area contributed by atoms with Crippen LogP contribution >= 0.6 is 0 Å². The largest absolute Gasteiger partial charge is 0.439 e. The minimum atomic E-state index is -0.593. The molecule has 0 unspecified atom stereocenters. The van der Waals surface area contributed by atoms with E-state index < -0.39 is 6.10 Å². The van der Waals surface area contributed by atoms with Crippen LogP contribution in [0.5, 0.6) is 11.6 Å². The second kappa shape index (κ2) is 12.5. The molecule has 1 heterocycles. The highest BCUT2D eigenvalue weighted by Gasteiger charge is 2.23. The van der Waals surface area contributed by atoms with Gasteiger partial charge in [-0.3, -0.25) is 4.90 Å². The van der Waals surface area contributed by atoms with Gasteiger partial charge < -0.3 is 14.6 Å². The van der Waals surface area contributed by atoms with Gasteiger partial charge in [-0.2, -0.15) is 5.10 Å². The first kappa shape index (κ1) is 25.7. The fourth-order valence-corrected chi connectivity index (χ4v) is 3.94. The summed E-state index contributed by atoms with van der Waals surface area (Å²) in [5.74, 6) is 1.90. The summed E-state index contributed by atoms with van der Waals surface area (Å²) in [6, 6.07) is 18.0. The molecule has 0 saturated carbocycles. The summed E-state index contributed by atoms with van der Waals surface area (Å²) in [7, 11) is 0. The van der Waals surface area contributed by atoms with E-state index in [2.05, 4.69) is 25.3 Å². The van der Waals surface area contributed by atoms with Crippen LogP contribution in [-0.2, 0) is 11.3 Å². The fourth-order valence-electron chi connectivity index (χ4n) is 3.94. The normalized spacial score (nSPS) is 12.3. The van der Waals surface area contributed by atoms with Crippen LogP contribution in [0.25, 0.3) is 5.69 Å². The molecule has 0 fully saturated rings. The zero-order valence-corrected chi connectivity index (χ0v) is 20.8. The monoisotopic (exact) mass is 463 g/mol. The number of ether oxygens (including phenoxy) is 2. The highest BCUT2D eigenvalue weighted by atomic mass is 16.5.